The molecule has 8 nitrogen and oxygen atoms in total. The standard InChI is InChI=1S/C23H25N3O5/c1-15(23(27)24-21-10-8-19(26(28)29)13-22(21)31-4)25(2)14-16-5-6-18-12-20(30-3)9-7-17(18)11-16/h5-13,15H,14H2,1-4H3,(H,24,27)/p+1/t15-/m0/s1. The van der Waals surface area contributed by atoms with E-state index in [9.17, 15) is 14.9 Å². The Hall–Kier alpha value is -3.65. The lowest BCUT2D eigenvalue weighted by Crippen LogP contribution is -3.12. The SMILES string of the molecule is COc1ccc2cc(C[NH+](C)[C@@H](C)C(=O)Nc3ccc([N+](=O)[O-])cc3OC)ccc2c1. The summed E-state index contributed by atoms with van der Waals surface area (Å²) in [5.74, 6) is 0.863. The van der Waals surface area contributed by atoms with E-state index in [0.29, 0.717) is 12.2 Å². The maximum absolute atomic E-state index is 12.8. The number of amides is 1. The molecule has 0 aliphatic carbocycles. The minimum atomic E-state index is -0.506. The molecule has 0 spiro atoms. The van der Waals surface area contributed by atoms with Gasteiger partial charge in [-0.1, -0.05) is 18.2 Å². The summed E-state index contributed by atoms with van der Waals surface area (Å²) in [7, 11) is 5.01. The van der Waals surface area contributed by atoms with Gasteiger partial charge in [-0.05, 0) is 42.0 Å². The summed E-state index contributed by atoms with van der Waals surface area (Å²) in [6, 6.07) is 15.9. The molecule has 0 heterocycles. The predicted molar refractivity (Wildman–Crippen MR) is 119 cm³/mol. The smallest absolute Gasteiger partial charge is 0.282 e. The van der Waals surface area contributed by atoms with Crippen LogP contribution in [0.2, 0.25) is 0 Å². The first-order chi connectivity index (χ1) is 14.8. The molecule has 0 radical (unpaired) electrons. The second kappa shape index (κ2) is 9.44. The highest BCUT2D eigenvalue weighted by Gasteiger charge is 2.24. The number of carbonyl (C=O) groups is 1. The number of carbonyl (C=O) groups excluding carboxylic acids is 1. The first-order valence-electron chi connectivity index (χ1n) is 9.84. The molecule has 0 saturated carbocycles. The lowest BCUT2D eigenvalue weighted by atomic mass is 10.1. The largest absolute Gasteiger partial charge is 0.497 e. The Balaban J connectivity index is 1.69. The second-order valence-electron chi connectivity index (χ2n) is 7.42. The van der Waals surface area contributed by atoms with Crippen molar-refractivity contribution >= 4 is 28.1 Å². The molecule has 2 atom stereocenters. The monoisotopic (exact) mass is 424 g/mol. The fourth-order valence-electron chi connectivity index (χ4n) is 3.35. The van der Waals surface area contributed by atoms with Gasteiger partial charge in [0, 0.05) is 11.6 Å². The number of rotatable bonds is 8. The van der Waals surface area contributed by atoms with Gasteiger partial charge in [-0.15, -0.1) is 0 Å². The molecule has 0 fully saturated rings. The van der Waals surface area contributed by atoms with Crippen LogP contribution in [-0.4, -0.2) is 38.1 Å². The summed E-state index contributed by atoms with van der Waals surface area (Å²) in [4.78, 5) is 24.2. The van der Waals surface area contributed by atoms with Gasteiger partial charge in [-0.2, -0.15) is 0 Å². The van der Waals surface area contributed by atoms with Gasteiger partial charge in [0.1, 0.15) is 18.0 Å². The Bertz CT molecular complexity index is 1120. The molecule has 3 aromatic rings. The van der Waals surface area contributed by atoms with Crippen LogP contribution >= 0.6 is 0 Å². The molecule has 0 aromatic heterocycles. The molecule has 1 unspecified atom stereocenters. The second-order valence-corrected chi connectivity index (χ2v) is 7.42. The molecule has 0 aliphatic rings. The first kappa shape index (κ1) is 22.0. The zero-order valence-corrected chi connectivity index (χ0v) is 18.0. The summed E-state index contributed by atoms with van der Waals surface area (Å²) < 4.78 is 10.5. The van der Waals surface area contributed by atoms with E-state index in [0.717, 1.165) is 27.0 Å². The topological polar surface area (TPSA) is 95.1 Å². The van der Waals surface area contributed by atoms with E-state index >= 15 is 0 Å². The number of hydrogen-bond donors (Lipinski definition) is 2. The maximum atomic E-state index is 12.8. The summed E-state index contributed by atoms with van der Waals surface area (Å²) in [6.07, 6.45) is 0. The molecule has 3 rings (SSSR count). The van der Waals surface area contributed by atoms with Crippen LogP contribution in [0.25, 0.3) is 10.8 Å². The number of ether oxygens (including phenoxy) is 2. The Labute approximate surface area is 180 Å². The molecular weight excluding hydrogens is 398 g/mol. The van der Waals surface area contributed by atoms with Crippen molar-refractivity contribution in [3.63, 3.8) is 0 Å². The number of non-ortho nitro benzene ring substituents is 1. The number of nitrogens with one attached hydrogen (secondary N) is 2. The van der Waals surface area contributed by atoms with Gasteiger partial charge in [0.15, 0.2) is 6.04 Å². The average Bonchev–Trinajstić information content (AvgIpc) is 2.78. The van der Waals surface area contributed by atoms with Crippen molar-refractivity contribution in [3.05, 3.63) is 70.3 Å². The van der Waals surface area contributed by atoms with Crippen molar-refractivity contribution in [2.45, 2.75) is 19.5 Å². The van der Waals surface area contributed by atoms with Crippen molar-refractivity contribution in [1.29, 1.82) is 0 Å². The van der Waals surface area contributed by atoms with Crippen molar-refractivity contribution in [2.75, 3.05) is 26.6 Å². The third kappa shape index (κ3) is 5.10. The molecule has 162 valence electrons. The fraction of sp³-hybridized carbons (Fsp3) is 0.261. The highest BCUT2D eigenvalue weighted by Crippen LogP contribution is 2.29. The molecule has 0 aliphatic heterocycles. The van der Waals surface area contributed by atoms with E-state index < -0.39 is 4.92 Å². The number of anilines is 1. The number of fused-ring (bicyclic) bond motifs is 1. The summed E-state index contributed by atoms with van der Waals surface area (Å²) >= 11 is 0. The van der Waals surface area contributed by atoms with E-state index in [1.165, 1.54) is 25.3 Å². The quantitative estimate of drug-likeness (QED) is 0.428. The number of likely N-dealkylation sites (N-methyl/N-ethyl adjacent to an activating group) is 1. The van der Waals surface area contributed by atoms with Gasteiger partial charge < -0.3 is 19.7 Å². The minimum Gasteiger partial charge on any atom is -0.497 e. The van der Waals surface area contributed by atoms with Crippen molar-refractivity contribution in [1.82, 2.24) is 0 Å². The number of benzene rings is 3. The van der Waals surface area contributed by atoms with Crippen molar-refractivity contribution in [2.24, 2.45) is 0 Å². The Morgan fingerprint density at radius 3 is 2.45 bits per heavy atom. The van der Waals surface area contributed by atoms with E-state index in [2.05, 4.69) is 17.4 Å². The zero-order valence-electron chi connectivity index (χ0n) is 18.0. The van der Waals surface area contributed by atoms with Crippen molar-refractivity contribution in [3.8, 4) is 11.5 Å². The van der Waals surface area contributed by atoms with Crippen LogP contribution in [0.5, 0.6) is 11.5 Å². The molecule has 31 heavy (non-hydrogen) atoms. The number of methoxy groups -OCH3 is 2. The van der Waals surface area contributed by atoms with Gasteiger partial charge in [-0.3, -0.25) is 14.9 Å². The lowest BCUT2D eigenvalue weighted by molar-refractivity contribution is -0.907. The molecule has 1 amide bonds. The van der Waals surface area contributed by atoms with Gasteiger partial charge in [0.05, 0.1) is 37.9 Å². The molecule has 0 saturated heterocycles. The number of nitrogens with zero attached hydrogens (tertiary/aromatic N) is 1. The summed E-state index contributed by atoms with van der Waals surface area (Å²) in [6.45, 7) is 2.50. The van der Waals surface area contributed by atoms with E-state index in [1.807, 2.05) is 38.2 Å². The Morgan fingerprint density at radius 1 is 1.06 bits per heavy atom. The third-order valence-corrected chi connectivity index (χ3v) is 5.38. The van der Waals surface area contributed by atoms with Crippen LogP contribution in [0.15, 0.2) is 54.6 Å². The van der Waals surface area contributed by atoms with E-state index in [-0.39, 0.29) is 23.4 Å². The highest BCUT2D eigenvalue weighted by molar-refractivity contribution is 5.95. The Kier molecular flexibility index (Phi) is 6.71. The minimum absolute atomic E-state index is 0.0976. The molecule has 3 aromatic carbocycles. The van der Waals surface area contributed by atoms with E-state index in [1.54, 1.807) is 7.11 Å². The van der Waals surface area contributed by atoms with E-state index in [4.69, 9.17) is 9.47 Å². The number of nitro groups is 1. The van der Waals surface area contributed by atoms with Crippen LogP contribution in [0.3, 0.4) is 0 Å². The third-order valence-electron chi connectivity index (χ3n) is 5.38. The van der Waals surface area contributed by atoms with Gasteiger partial charge >= 0.3 is 0 Å². The molecule has 8 heteroatoms. The summed E-state index contributed by atoms with van der Waals surface area (Å²) in [5, 5.41) is 16.0. The van der Waals surface area contributed by atoms with Crippen LogP contribution < -0.4 is 19.7 Å². The average molecular weight is 424 g/mol. The zero-order chi connectivity index (χ0) is 22.5. The van der Waals surface area contributed by atoms with Crippen LogP contribution in [-0.2, 0) is 11.3 Å². The van der Waals surface area contributed by atoms with Crippen LogP contribution in [0.4, 0.5) is 11.4 Å². The molecule has 0 bridgehead atoms. The fourth-order valence-corrected chi connectivity index (χ4v) is 3.35. The van der Waals surface area contributed by atoms with Crippen LogP contribution in [0, 0.1) is 10.1 Å². The molecular formula is C23H26N3O5+. The number of nitro benzene ring substituents is 1. The lowest BCUT2D eigenvalue weighted by Gasteiger charge is -2.22. The maximum Gasteiger partial charge on any atom is 0.282 e. The van der Waals surface area contributed by atoms with Crippen molar-refractivity contribution < 1.29 is 24.1 Å². The number of quaternary nitrogens is 1. The van der Waals surface area contributed by atoms with Gasteiger partial charge in [0.25, 0.3) is 11.6 Å². The highest BCUT2D eigenvalue weighted by atomic mass is 16.6. The molecule has 2 N–H and O–H groups in total. The summed E-state index contributed by atoms with van der Waals surface area (Å²) in [5.41, 5.74) is 1.42. The van der Waals surface area contributed by atoms with Gasteiger partial charge in [-0.25, -0.2) is 0 Å². The predicted octanol–water partition coefficient (Wildman–Crippen LogP) is 2.81. The Morgan fingerprint density at radius 2 is 1.77 bits per heavy atom. The number of hydrogen-bond acceptors (Lipinski definition) is 5. The first-order valence-corrected chi connectivity index (χ1v) is 9.84. The normalized spacial score (nSPS) is 12.8. The van der Waals surface area contributed by atoms with Gasteiger partial charge in [0.2, 0.25) is 0 Å². The van der Waals surface area contributed by atoms with Crippen LogP contribution in [0.1, 0.15) is 12.5 Å².